The van der Waals surface area contributed by atoms with Crippen molar-refractivity contribution in [2.24, 2.45) is 5.92 Å². The van der Waals surface area contributed by atoms with E-state index in [0.717, 1.165) is 44.9 Å². The second kappa shape index (κ2) is 23.0. The summed E-state index contributed by atoms with van der Waals surface area (Å²) in [5.74, 6) is -4.18. The highest BCUT2D eigenvalue weighted by Crippen LogP contribution is 2.38. The molecule has 0 aromatic heterocycles. The highest BCUT2D eigenvalue weighted by atomic mass is 28.4. The van der Waals surface area contributed by atoms with Gasteiger partial charge in [0.1, 0.15) is 17.4 Å². The van der Waals surface area contributed by atoms with Crippen molar-refractivity contribution < 1.29 is 48.0 Å². The van der Waals surface area contributed by atoms with E-state index in [2.05, 4.69) is 46.1 Å². The Bertz CT molecular complexity index is 1360. The van der Waals surface area contributed by atoms with Crippen LogP contribution in [-0.4, -0.2) is 86.3 Å². The summed E-state index contributed by atoms with van der Waals surface area (Å²) in [6.45, 7) is 19.1. The van der Waals surface area contributed by atoms with Crippen LogP contribution in [0.3, 0.4) is 0 Å². The van der Waals surface area contributed by atoms with Gasteiger partial charge in [0, 0.05) is 32.3 Å². The molecule has 1 amide bonds. The molecule has 56 heavy (non-hydrogen) atoms. The number of benzene rings is 1. The van der Waals surface area contributed by atoms with Gasteiger partial charge in [0.15, 0.2) is 19.7 Å². The van der Waals surface area contributed by atoms with E-state index in [1.807, 2.05) is 6.08 Å². The lowest BCUT2D eigenvalue weighted by atomic mass is 9.82. The second-order valence-corrected chi connectivity index (χ2v) is 22.7. The zero-order valence-electron chi connectivity index (χ0n) is 36.3. The summed E-state index contributed by atoms with van der Waals surface area (Å²) in [6.07, 6.45) is 15.4. The summed E-state index contributed by atoms with van der Waals surface area (Å²) in [5, 5.41) is 24.8. The molecule has 1 aromatic carbocycles. The minimum atomic E-state index is -2.32. The van der Waals surface area contributed by atoms with Gasteiger partial charge in [-0.25, -0.2) is 9.59 Å². The molecule has 1 unspecified atom stereocenters. The van der Waals surface area contributed by atoms with Crippen molar-refractivity contribution >= 4 is 26.2 Å². The van der Waals surface area contributed by atoms with Crippen molar-refractivity contribution in [3.63, 3.8) is 0 Å². The van der Waals surface area contributed by atoms with Crippen molar-refractivity contribution in [2.75, 3.05) is 26.9 Å². The fraction of sp³-hybridized carbons (Fsp3) is 0.750. The van der Waals surface area contributed by atoms with Crippen molar-refractivity contribution in [3.8, 4) is 5.75 Å². The number of hydrogen-bond donors (Lipinski definition) is 3. The second-order valence-electron chi connectivity index (χ2n) is 17.9. The molecule has 11 nitrogen and oxygen atoms in total. The number of carbonyl (C=O) groups is 3. The summed E-state index contributed by atoms with van der Waals surface area (Å²) in [6, 6.07) is 5.14. The Morgan fingerprint density at radius 3 is 2.02 bits per heavy atom. The van der Waals surface area contributed by atoms with Crippen LogP contribution in [0.1, 0.15) is 138 Å². The van der Waals surface area contributed by atoms with Gasteiger partial charge < -0.3 is 38.9 Å². The van der Waals surface area contributed by atoms with Crippen molar-refractivity contribution in [1.29, 1.82) is 0 Å². The van der Waals surface area contributed by atoms with Gasteiger partial charge in [-0.1, -0.05) is 90.5 Å². The summed E-state index contributed by atoms with van der Waals surface area (Å²) in [5.41, 5.74) is -2.60. The molecule has 12 heteroatoms. The summed E-state index contributed by atoms with van der Waals surface area (Å²) in [4.78, 5) is 41.3. The van der Waals surface area contributed by atoms with Gasteiger partial charge in [0.05, 0.1) is 26.2 Å². The Labute approximate surface area is 338 Å². The molecule has 320 valence electrons. The Balaban J connectivity index is 2.28. The van der Waals surface area contributed by atoms with E-state index in [4.69, 9.17) is 23.4 Å². The number of phenols is 1. The van der Waals surface area contributed by atoms with Crippen molar-refractivity contribution in [1.82, 2.24) is 5.32 Å². The van der Waals surface area contributed by atoms with E-state index in [0.29, 0.717) is 25.2 Å². The molecule has 3 atom stereocenters. The normalized spacial score (nSPS) is 17.0. The van der Waals surface area contributed by atoms with Crippen LogP contribution in [0.5, 0.6) is 5.75 Å². The molecule has 0 spiro atoms. The standard InChI is InChI=1S/C44H75NO10Si/c1-11-12-13-17-20-27-43(52-31-32-53-43)28-21-18-15-14-16-19-22-36(38(47)45-37(39(48)51-8)33-34-23-25-35(46)26-24-34)44(50,40(49)55-41(2,3)4)29-30-54-56(9,10)42(5,6)7/h19,22-26,36-37,46,50H,11-18,20-21,27-33H2,1-10H3,(H,45,47)/b22-19+/t36-,37+,44?/m1/s1. The molecule has 1 aliphatic rings. The molecule has 1 heterocycles. The molecule has 0 radical (unpaired) electrons. The molecule has 0 aliphatic carbocycles. The maximum Gasteiger partial charge on any atom is 0.339 e. The zero-order valence-corrected chi connectivity index (χ0v) is 37.3. The number of aromatic hydroxyl groups is 1. The quantitative estimate of drug-likeness (QED) is 0.0379. The molecule has 1 saturated heterocycles. The maximum absolute atomic E-state index is 14.3. The molecule has 1 aromatic rings. The van der Waals surface area contributed by atoms with Crippen LogP contribution in [0.25, 0.3) is 0 Å². The number of esters is 2. The minimum absolute atomic E-state index is 0.0193. The van der Waals surface area contributed by atoms with Gasteiger partial charge in [0.2, 0.25) is 5.91 Å². The molecule has 1 aliphatic heterocycles. The van der Waals surface area contributed by atoms with Crippen LogP contribution < -0.4 is 5.32 Å². The first-order valence-corrected chi connectivity index (χ1v) is 23.8. The fourth-order valence-electron chi connectivity index (χ4n) is 6.51. The van der Waals surface area contributed by atoms with E-state index >= 15 is 0 Å². The predicted molar refractivity (Wildman–Crippen MR) is 223 cm³/mol. The van der Waals surface area contributed by atoms with Gasteiger partial charge in [-0.2, -0.15) is 0 Å². The van der Waals surface area contributed by atoms with Crippen molar-refractivity contribution in [2.45, 2.75) is 180 Å². The third-order valence-electron chi connectivity index (χ3n) is 11.0. The van der Waals surface area contributed by atoms with E-state index in [-0.39, 0.29) is 30.2 Å². The predicted octanol–water partition coefficient (Wildman–Crippen LogP) is 8.69. The number of rotatable bonds is 25. The number of aliphatic hydroxyl groups is 1. The maximum atomic E-state index is 14.3. The fourth-order valence-corrected chi connectivity index (χ4v) is 7.55. The van der Waals surface area contributed by atoms with Gasteiger partial charge in [-0.05, 0) is 82.3 Å². The Hall–Kier alpha value is -2.77. The Morgan fingerprint density at radius 1 is 0.911 bits per heavy atom. The number of ether oxygens (including phenoxy) is 4. The molecule has 0 bridgehead atoms. The monoisotopic (exact) mass is 806 g/mol. The van der Waals surface area contributed by atoms with E-state index < -0.39 is 55.1 Å². The number of unbranched alkanes of at least 4 members (excludes halogenated alkanes) is 8. The number of carbonyl (C=O) groups excluding carboxylic acids is 3. The SMILES string of the molecule is CCCCCCCC1(CCCCCC/C=C/[C@H](C(=O)N[C@@H](Cc2ccc(O)cc2)C(=O)OC)C(O)(CCO[Si](C)(C)C(C)(C)C)C(=O)OC(C)(C)C)OCCO1. The molecule has 3 N–H and O–H groups in total. The van der Waals surface area contributed by atoms with Crippen LogP contribution in [0.4, 0.5) is 0 Å². The molecular weight excluding hydrogens is 731 g/mol. The average molecular weight is 806 g/mol. The highest BCUT2D eigenvalue weighted by molar-refractivity contribution is 6.74. The highest BCUT2D eigenvalue weighted by Gasteiger charge is 2.50. The number of amides is 1. The topological polar surface area (TPSA) is 150 Å². The van der Waals surface area contributed by atoms with Gasteiger partial charge in [-0.3, -0.25) is 4.79 Å². The van der Waals surface area contributed by atoms with Gasteiger partial charge in [-0.15, -0.1) is 0 Å². The summed E-state index contributed by atoms with van der Waals surface area (Å²) in [7, 11) is -1.06. The Morgan fingerprint density at radius 2 is 1.48 bits per heavy atom. The smallest absolute Gasteiger partial charge is 0.339 e. The molecule has 1 fully saturated rings. The first-order chi connectivity index (χ1) is 26.2. The third kappa shape index (κ3) is 16.6. The van der Waals surface area contributed by atoms with Crippen LogP contribution in [-0.2, 0) is 44.2 Å². The van der Waals surface area contributed by atoms with Crippen molar-refractivity contribution in [3.05, 3.63) is 42.0 Å². The number of phenolic OH excluding ortho intramolecular Hbond substituents is 1. The Kier molecular flexibility index (Phi) is 20.3. The number of hydrogen-bond acceptors (Lipinski definition) is 10. The lowest BCUT2D eigenvalue weighted by Crippen LogP contribution is -2.57. The molecule has 0 saturated carbocycles. The first-order valence-electron chi connectivity index (χ1n) is 20.9. The minimum Gasteiger partial charge on any atom is -0.508 e. The summed E-state index contributed by atoms with van der Waals surface area (Å²) >= 11 is 0. The lowest BCUT2D eigenvalue weighted by molar-refractivity contribution is -0.185. The first kappa shape index (κ1) is 49.4. The van der Waals surface area contributed by atoms with E-state index in [9.17, 15) is 24.6 Å². The van der Waals surface area contributed by atoms with Crippen LogP contribution in [0, 0.1) is 5.92 Å². The largest absolute Gasteiger partial charge is 0.508 e. The van der Waals surface area contributed by atoms with E-state index in [1.54, 1.807) is 39.0 Å². The number of allylic oxidation sites excluding steroid dienone is 1. The number of methoxy groups -OCH3 is 1. The summed E-state index contributed by atoms with van der Waals surface area (Å²) < 4.78 is 29.4. The lowest BCUT2D eigenvalue weighted by Gasteiger charge is -2.38. The number of nitrogens with one attached hydrogen (secondary N) is 1. The van der Waals surface area contributed by atoms with Gasteiger partial charge in [0.25, 0.3) is 0 Å². The molecule has 2 rings (SSSR count). The van der Waals surface area contributed by atoms with Crippen LogP contribution >= 0.6 is 0 Å². The van der Waals surface area contributed by atoms with E-state index in [1.165, 1.54) is 44.9 Å². The average Bonchev–Trinajstić information content (AvgIpc) is 3.58. The van der Waals surface area contributed by atoms with Crippen LogP contribution in [0.2, 0.25) is 18.1 Å². The zero-order chi connectivity index (χ0) is 42.0. The third-order valence-corrected chi connectivity index (χ3v) is 15.5. The molecular formula is C44H75NO10Si. The van der Waals surface area contributed by atoms with Crippen LogP contribution in [0.15, 0.2) is 36.4 Å². The van der Waals surface area contributed by atoms with Gasteiger partial charge >= 0.3 is 11.9 Å².